The molecule has 0 spiro atoms. The minimum Gasteiger partial charge on any atom is -0.505 e. The second-order valence-corrected chi connectivity index (χ2v) is 8.21. The molecule has 0 saturated heterocycles. The van der Waals surface area contributed by atoms with Gasteiger partial charge in [-0.2, -0.15) is 0 Å². The molecule has 1 atom stereocenters. The number of hydrogen-bond acceptors (Lipinski definition) is 13. The van der Waals surface area contributed by atoms with Gasteiger partial charge in [-0.25, -0.2) is 18.3 Å². The number of ether oxygens (including phenoxy) is 1. The van der Waals surface area contributed by atoms with Gasteiger partial charge >= 0.3 is 27.2 Å². The monoisotopic (exact) mass is 508 g/mol. The molecule has 4 rings (SSSR count). The molecule has 7 N–H and O–H groups in total. The molecule has 3 aromatic heterocycles. The van der Waals surface area contributed by atoms with Crippen molar-refractivity contribution >= 4 is 28.8 Å². The van der Waals surface area contributed by atoms with Crippen molar-refractivity contribution in [3.63, 3.8) is 0 Å². The fraction of sp³-hybridized carbons (Fsp3) is 0.312. The van der Waals surface area contributed by atoms with E-state index in [2.05, 4.69) is 19.1 Å². The van der Waals surface area contributed by atoms with Crippen LogP contribution in [0.4, 0.5) is 0 Å². The number of aromatic hydroxyl groups is 2. The van der Waals surface area contributed by atoms with Gasteiger partial charge in [0.25, 0.3) is 0 Å². The number of nitrogens with zero attached hydrogens (tertiary/aromatic N) is 1. The van der Waals surface area contributed by atoms with E-state index in [9.17, 15) is 24.0 Å². The lowest BCUT2D eigenvalue weighted by molar-refractivity contribution is -0.141. The zero-order valence-electron chi connectivity index (χ0n) is 17.5. The molecule has 4 heterocycles. The standard InChI is InChI=1S/C5H6O4.C4H5NO3.C4H5NO2S.C3H4N2O2S/c1-2-3(6)4(7)5(8)9-2;2*1-2-3(6)5-4(7)8-2;1-5-2(6)4-3(7)8-5/h2,6-7H,1H3;2*6H,1H3,(H,5,7);1H3,(H,4,6,7). The summed E-state index contributed by atoms with van der Waals surface area (Å²) in [6.45, 7) is 4.64. The maximum Gasteiger partial charge on any atom is 0.419 e. The summed E-state index contributed by atoms with van der Waals surface area (Å²) in [5.74, 6) is -2.55. The molecule has 0 radical (unpaired) electrons. The number of aryl methyl sites for hydroxylation is 3. The molecule has 182 valence electrons. The number of oxazole rings is 1. The number of H-pyrrole nitrogens is 3. The Labute approximate surface area is 190 Å². The molecule has 15 nitrogen and oxygen atoms in total. The number of aromatic amines is 3. The molecule has 0 bridgehead atoms. The van der Waals surface area contributed by atoms with E-state index in [4.69, 9.17) is 20.4 Å². The number of aromatic nitrogens is 4. The first-order valence-corrected chi connectivity index (χ1v) is 10.2. The normalized spacial score (nSPS) is 14.3. The number of thiazole rings is 1. The van der Waals surface area contributed by atoms with Crippen molar-refractivity contribution in [3.05, 3.63) is 62.5 Å². The lowest BCUT2D eigenvalue weighted by Crippen LogP contribution is -2.12. The van der Waals surface area contributed by atoms with E-state index in [-0.39, 0.29) is 38.7 Å². The van der Waals surface area contributed by atoms with Crippen molar-refractivity contribution in [1.29, 1.82) is 0 Å². The summed E-state index contributed by atoms with van der Waals surface area (Å²) in [6.07, 6.45) is -0.697. The van der Waals surface area contributed by atoms with Gasteiger partial charge in [0, 0.05) is 18.6 Å². The van der Waals surface area contributed by atoms with Crippen LogP contribution in [0.25, 0.3) is 0 Å². The van der Waals surface area contributed by atoms with Crippen molar-refractivity contribution < 1.29 is 34.4 Å². The highest BCUT2D eigenvalue weighted by molar-refractivity contribution is 7.09. The molecule has 1 unspecified atom stereocenters. The highest BCUT2D eigenvalue weighted by Crippen LogP contribution is 2.16. The Bertz CT molecular complexity index is 1250. The van der Waals surface area contributed by atoms with E-state index in [1.54, 1.807) is 6.92 Å². The summed E-state index contributed by atoms with van der Waals surface area (Å²) in [4.78, 5) is 57.8. The van der Waals surface area contributed by atoms with E-state index >= 15 is 0 Å². The van der Waals surface area contributed by atoms with Gasteiger partial charge in [0.2, 0.25) is 17.5 Å². The van der Waals surface area contributed by atoms with Crippen molar-refractivity contribution in [2.45, 2.75) is 26.9 Å². The molecular weight excluding hydrogens is 488 g/mol. The Morgan fingerprint density at radius 1 is 0.909 bits per heavy atom. The summed E-state index contributed by atoms with van der Waals surface area (Å²) in [6, 6.07) is 0. The van der Waals surface area contributed by atoms with Gasteiger partial charge < -0.3 is 29.6 Å². The van der Waals surface area contributed by atoms with Crippen LogP contribution in [0.1, 0.15) is 17.6 Å². The lowest BCUT2D eigenvalue weighted by Gasteiger charge is -1.98. The van der Waals surface area contributed by atoms with Gasteiger partial charge in [-0.15, -0.1) is 0 Å². The molecule has 3 aromatic rings. The molecule has 33 heavy (non-hydrogen) atoms. The Kier molecular flexibility index (Phi) is 9.49. The van der Waals surface area contributed by atoms with Crippen molar-refractivity contribution in [1.82, 2.24) is 18.9 Å². The summed E-state index contributed by atoms with van der Waals surface area (Å²) in [7, 11) is 1.53. The number of rotatable bonds is 0. The predicted molar refractivity (Wildman–Crippen MR) is 115 cm³/mol. The summed E-state index contributed by atoms with van der Waals surface area (Å²) < 4.78 is 9.96. The highest BCUT2D eigenvalue weighted by atomic mass is 32.1. The molecule has 1 aliphatic heterocycles. The molecular formula is C16H20N4O11S2. The smallest absolute Gasteiger partial charge is 0.419 e. The van der Waals surface area contributed by atoms with Crippen LogP contribution in [0, 0.1) is 13.8 Å². The van der Waals surface area contributed by atoms with Crippen LogP contribution in [0.2, 0.25) is 0 Å². The largest absolute Gasteiger partial charge is 0.505 e. The average molecular weight is 508 g/mol. The van der Waals surface area contributed by atoms with E-state index < -0.39 is 23.6 Å². The van der Waals surface area contributed by atoms with Crippen molar-refractivity contribution in [2.75, 3.05) is 0 Å². The summed E-state index contributed by atoms with van der Waals surface area (Å²) in [5.41, 5.74) is -0.347. The molecule has 0 aromatic carbocycles. The fourth-order valence-electron chi connectivity index (χ4n) is 1.72. The third kappa shape index (κ3) is 8.22. The molecule has 1 aliphatic rings. The number of hydrogen-bond donors (Lipinski definition) is 7. The van der Waals surface area contributed by atoms with E-state index in [0.717, 1.165) is 22.9 Å². The number of carbonyl (C=O) groups excluding carboxylic acids is 1. The second-order valence-electron chi connectivity index (χ2n) is 5.93. The van der Waals surface area contributed by atoms with Crippen LogP contribution < -0.4 is 21.2 Å². The number of aliphatic hydroxyl groups is 2. The van der Waals surface area contributed by atoms with Crippen LogP contribution in [0.15, 0.2) is 35.1 Å². The zero-order valence-corrected chi connectivity index (χ0v) is 19.1. The van der Waals surface area contributed by atoms with Gasteiger partial charge in [0.15, 0.2) is 17.6 Å². The highest BCUT2D eigenvalue weighted by Gasteiger charge is 2.30. The Balaban J connectivity index is 0.000000220. The maximum absolute atomic E-state index is 10.4. The van der Waals surface area contributed by atoms with Gasteiger partial charge in [0.1, 0.15) is 0 Å². The van der Waals surface area contributed by atoms with Gasteiger partial charge in [0.05, 0.1) is 4.88 Å². The third-order valence-corrected chi connectivity index (χ3v) is 4.91. The molecule has 0 amide bonds. The summed E-state index contributed by atoms with van der Waals surface area (Å²) in [5, 5.41) is 34.6. The number of esters is 1. The van der Waals surface area contributed by atoms with Crippen molar-refractivity contribution in [3.8, 4) is 11.8 Å². The van der Waals surface area contributed by atoms with Crippen LogP contribution in [0.5, 0.6) is 11.8 Å². The third-order valence-electron chi connectivity index (χ3n) is 3.42. The van der Waals surface area contributed by atoms with Crippen molar-refractivity contribution in [2.24, 2.45) is 7.05 Å². The van der Waals surface area contributed by atoms with Crippen LogP contribution in [0.3, 0.4) is 0 Å². The fourth-order valence-corrected chi connectivity index (χ4v) is 2.80. The number of aliphatic hydroxyl groups excluding tert-OH is 2. The SMILES string of the molecule is CC1OC(=O)C(O)=C1O.Cc1oc(=O)[nH]c1O.Cc1sc(=O)[nH]c1O.Cn1sc(=O)[nH]c1=O. The number of nitrogens with one attached hydrogen (secondary N) is 3. The first kappa shape index (κ1) is 27.0. The van der Waals surface area contributed by atoms with Crippen LogP contribution in [-0.4, -0.2) is 51.4 Å². The quantitative estimate of drug-likeness (QED) is 0.196. The predicted octanol–water partition coefficient (Wildman–Crippen LogP) is -0.173. The van der Waals surface area contributed by atoms with Crippen LogP contribution in [-0.2, 0) is 16.6 Å². The zero-order chi connectivity index (χ0) is 25.5. The number of carbonyl (C=O) groups is 1. The van der Waals surface area contributed by atoms with E-state index in [1.165, 1.54) is 24.9 Å². The minimum atomic E-state index is -0.861. The summed E-state index contributed by atoms with van der Waals surface area (Å²) >= 11 is 1.87. The lowest BCUT2D eigenvalue weighted by atomic mass is 10.3. The van der Waals surface area contributed by atoms with Gasteiger partial charge in [-0.3, -0.25) is 24.5 Å². The van der Waals surface area contributed by atoms with E-state index in [0.29, 0.717) is 4.88 Å². The number of cyclic esters (lactones) is 1. The second kappa shape index (κ2) is 11.6. The Morgan fingerprint density at radius 3 is 1.64 bits per heavy atom. The van der Waals surface area contributed by atoms with Gasteiger partial charge in [-0.05, 0) is 20.8 Å². The van der Waals surface area contributed by atoms with Gasteiger partial charge in [-0.1, -0.05) is 11.3 Å². The molecule has 17 heteroatoms. The molecule has 0 saturated carbocycles. The Hall–Kier alpha value is -3.99. The first-order valence-electron chi connectivity index (χ1n) is 8.59. The van der Waals surface area contributed by atoms with E-state index in [1.807, 2.05) is 4.98 Å². The molecule has 0 aliphatic carbocycles. The topological polar surface area (TPSA) is 241 Å². The molecule has 0 fully saturated rings. The first-order chi connectivity index (χ1) is 15.2. The van der Waals surface area contributed by atoms with Crippen LogP contribution >= 0.6 is 22.9 Å². The maximum atomic E-state index is 10.4. The Morgan fingerprint density at radius 2 is 1.52 bits per heavy atom. The minimum absolute atomic E-state index is 0.0139. The average Bonchev–Trinajstić information content (AvgIpc) is 3.35.